The fourth-order valence-corrected chi connectivity index (χ4v) is 2.58. The lowest BCUT2D eigenvalue weighted by atomic mass is 10.1. The van der Waals surface area contributed by atoms with Crippen LogP contribution in [0.4, 0.5) is 11.4 Å². The first kappa shape index (κ1) is 15.7. The van der Waals surface area contributed by atoms with Crippen molar-refractivity contribution >= 4 is 21.4 Å². The Morgan fingerprint density at radius 1 is 1.42 bits per heavy atom. The van der Waals surface area contributed by atoms with E-state index in [1.54, 1.807) is 12.1 Å². The third kappa shape index (κ3) is 4.38. The average molecular weight is 287 g/mol. The van der Waals surface area contributed by atoms with Crippen LogP contribution in [-0.2, 0) is 10.0 Å². The van der Waals surface area contributed by atoms with Gasteiger partial charge < -0.3 is 16.2 Å². The lowest BCUT2D eigenvalue weighted by Gasteiger charge is -2.16. The van der Waals surface area contributed by atoms with Gasteiger partial charge in [-0.1, -0.05) is 0 Å². The molecule has 1 aromatic carbocycles. The number of nitrogens with two attached hydrogens (primary N) is 1. The van der Waals surface area contributed by atoms with Crippen LogP contribution in [0, 0.1) is 0 Å². The molecule has 108 valence electrons. The molecule has 1 atom stereocenters. The van der Waals surface area contributed by atoms with Crippen LogP contribution in [0.15, 0.2) is 23.1 Å². The molecule has 1 aromatic rings. The van der Waals surface area contributed by atoms with Gasteiger partial charge in [0, 0.05) is 18.3 Å². The van der Waals surface area contributed by atoms with E-state index >= 15 is 0 Å². The van der Waals surface area contributed by atoms with Gasteiger partial charge in [-0.05, 0) is 45.0 Å². The molecule has 0 saturated carbocycles. The summed E-state index contributed by atoms with van der Waals surface area (Å²) >= 11 is 0. The first-order valence-corrected chi connectivity index (χ1v) is 7.59. The monoisotopic (exact) mass is 287 g/mol. The largest absolute Gasteiger partial charge is 0.398 e. The highest BCUT2D eigenvalue weighted by molar-refractivity contribution is 7.89. The predicted octanol–water partition coefficient (Wildman–Crippen LogP) is 0.750. The second-order valence-corrected chi connectivity index (χ2v) is 6.23. The number of anilines is 2. The van der Waals surface area contributed by atoms with Crippen molar-refractivity contribution in [3.05, 3.63) is 18.2 Å². The molecule has 0 aliphatic rings. The van der Waals surface area contributed by atoms with Crippen LogP contribution >= 0.6 is 0 Å². The Labute approximate surface area is 114 Å². The van der Waals surface area contributed by atoms with Gasteiger partial charge in [0.2, 0.25) is 10.0 Å². The van der Waals surface area contributed by atoms with E-state index in [-0.39, 0.29) is 23.2 Å². The van der Waals surface area contributed by atoms with Crippen LogP contribution in [0.1, 0.15) is 19.8 Å². The molecule has 1 rings (SSSR count). The van der Waals surface area contributed by atoms with E-state index in [9.17, 15) is 8.42 Å². The molecule has 7 heteroatoms. The van der Waals surface area contributed by atoms with Crippen LogP contribution in [0.3, 0.4) is 0 Å². The zero-order valence-electron chi connectivity index (χ0n) is 11.2. The zero-order valence-corrected chi connectivity index (χ0v) is 12.0. The average Bonchev–Trinajstić information content (AvgIpc) is 2.36. The second kappa shape index (κ2) is 6.74. The number of aliphatic hydroxyl groups is 1. The lowest BCUT2D eigenvalue weighted by Crippen LogP contribution is -2.20. The summed E-state index contributed by atoms with van der Waals surface area (Å²) in [5, 5.41) is 12.0. The zero-order chi connectivity index (χ0) is 14.5. The van der Waals surface area contributed by atoms with Crippen molar-refractivity contribution in [3.63, 3.8) is 0 Å². The fourth-order valence-electron chi connectivity index (χ4n) is 1.75. The molecule has 0 aliphatic carbocycles. The van der Waals surface area contributed by atoms with Crippen molar-refractivity contribution in [2.24, 2.45) is 0 Å². The van der Waals surface area contributed by atoms with Crippen LogP contribution < -0.4 is 15.8 Å². The number of aliphatic hydroxyl groups excluding tert-OH is 1. The fraction of sp³-hybridized carbons (Fsp3) is 0.500. The topological polar surface area (TPSA) is 104 Å². The second-order valence-electron chi connectivity index (χ2n) is 4.37. The Morgan fingerprint density at radius 2 is 2.11 bits per heavy atom. The van der Waals surface area contributed by atoms with Crippen molar-refractivity contribution < 1.29 is 13.5 Å². The molecule has 0 radical (unpaired) electrons. The molecule has 0 heterocycles. The standard InChI is InChI=1S/C12H21N3O3S/c1-9(4-3-7-16)15-10-5-6-12(11(13)8-10)19(17,18)14-2/h5-6,8-9,14-16H,3-4,7,13H2,1-2H3. The highest BCUT2D eigenvalue weighted by atomic mass is 32.2. The van der Waals surface area contributed by atoms with Crippen LogP contribution in [0.5, 0.6) is 0 Å². The van der Waals surface area contributed by atoms with Gasteiger partial charge >= 0.3 is 0 Å². The van der Waals surface area contributed by atoms with Gasteiger partial charge in [0.25, 0.3) is 0 Å². The minimum Gasteiger partial charge on any atom is -0.398 e. The Bertz CT molecular complexity index is 517. The first-order chi connectivity index (χ1) is 8.90. The molecular weight excluding hydrogens is 266 g/mol. The van der Waals surface area contributed by atoms with Crippen molar-refractivity contribution in [1.29, 1.82) is 0 Å². The SMILES string of the molecule is CNS(=O)(=O)c1ccc(NC(C)CCCO)cc1N. The maximum absolute atomic E-state index is 11.7. The minimum absolute atomic E-state index is 0.0727. The Balaban J connectivity index is 2.83. The number of hydrogen-bond donors (Lipinski definition) is 4. The van der Waals surface area contributed by atoms with E-state index in [4.69, 9.17) is 10.8 Å². The minimum atomic E-state index is -3.52. The van der Waals surface area contributed by atoms with Crippen LogP contribution in [0.25, 0.3) is 0 Å². The molecule has 0 aliphatic heterocycles. The lowest BCUT2D eigenvalue weighted by molar-refractivity contribution is 0.282. The molecule has 0 fully saturated rings. The number of hydrogen-bond acceptors (Lipinski definition) is 5. The molecule has 0 bridgehead atoms. The van der Waals surface area contributed by atoms with Gasteiger partial charge in [-0.2, -0.15) is 0 Å². The summed E-state index contributed by atoms with van der Waals surface area (Å²) in [6, 6.07) is 4.93. The maximum Gasteiger partial charge on any atom is 0.242 e. The van der Waals surface area contributed by atoms with Gasteiger partial charge in [0.15, 0.2) is 0 Å². The highest BCUT2D eigenvalue weighted by Gasteiger charge is 2.15. The molecule has 0 aromatic heterocycles. The van der Waals surface area contributed by atoms with E-state index in [1.165, 1.54) is 13.1 Å². The van der Waals surface area contributed by atoms with Gasteiger partial charge in [-0.25, -0.2) is 13.1 Å². The molecule has 6 nitrogen and oxygen atoms in total. The van der Waals surface area contributed by atoms with Crippen LogP contribution in [0.2, 0.25) is 0 Å². The van der Waals surface area contributed by atoms with Gasteiger partial charge in [-0.3, -0.25) is 0 Å². The molecule has 1 unspecified atom stereocenters. The maximum atomic E-state index is 11.7. The summed E-state index contributed by atoms with van der Waals surface area (Å²) in [6.07, 6.45) is 1.54. The van der Waals surface area contributed by atoms with E-state index in [0.29, 0.717) is 0 Å². The Morgan fingerprint density at radius 3 is 2.63 bits per heavy atom. The van der Waals surface area contributed by atoms with E-state index in [0.717, 1.165) is 18.5 Å². The summed E-state index contributed by atoms with van der Waals surface area (Å²) in [5.41, 5.74) is 6.72. The van der Waals surface area contributed by atoms with E-state index < -0.39 is 10.0 Å². The third-order valence-corrected chi connectivity index (χ3v) is 4.26. The van der Waals surface area contributed by atoms with Crippen molar-refractivity contribution in [2.45, 2.75) is 30.7 Å². The smallest absolute Gasteiger partial charge is 0.242 e. The molecule has 0 spiro atoms. The van der Waals surface area contributed by atoms with Crippen LogP contribution in [-0.4, -0.2) is 33.2 Å². The quantitative estimate of drug-likeness (QED) is 0.554. The normalized spacial score (nSPS) is 13.2. The number of sulfonamides is 1. The number of benzene rings is 1. The highest BCUT2D eigenvalue weighted by Crippen LogP contribution is 2.23. The van der Waals surface area contributed by atoms with E-state index in [2.05, 4.69) is 10.0 Å². The molecular formula is C12H21N3O3S. The summed E-state index contributed by atoms with van der Waals surface area (Å²) < 4.78 is 25.5. The van der Waals surface area contributed by atoms with Crippen molar-refractivity contribution in [1.82, 2.24) is 4.72 Å². The Hall–Kier alpha value is -1.31. The summed E-state index contributed by atoms with van der Waals surface area (Å²) in [4.78, 5) is 0.0727. The van der Waals surface area contributed by atoms with Crippen molar-refractivity contribution in [2.75, 3.05) is 24.7 Å². The Kier molecular flexibility index (Phi) is 5.59. The number of nitrogens with one attached hydrogen (secondary N) is 2. The first-order valence-electron chi connectivity index (χ1n) is 6.11. The summed E-state index contributed by atoms with van der Waals surface area (Å²) in [6.45, 7) is 2.15. The molecule has 19 heavy (non-hydrogen) atoms. The van der Waals surface area contributed by atoms with Gasteiger partial charge in [-0.15, -0.1) is 0 Å². The van der Waals surface area contributed by atoms with Crippen molar-refractivity contribution in [3.8, 4) is 0 Å². The number of nitrogen functional groups attached to an aromatic ring is 1. The van der Waals surface area contributed by atoms with Gasteiger partial charge in [0.05, 0.1) is 5.69 Å². The predicted molar refractivity (Wildman–Crippen MR) is 76.5 cm³/mol. The van der Waals surface area contributed by atoms with E-state index in [1.807, 2.05) is 6.92 Å². The number of rotatable bonds is 7. The molecule has 0 amide bonds. The summed E-state index contributed by atoms with van der Waals surface area (Å²) in [7, 11) is -2.18. The molecule has 0 saturated heterocycles. The summed E-state index contributed by atoms with van der Waals surface area (Å²) in [5.74, 6) is 0. The molecule has 5 N–H and O–H groups in total. The third-order valence-electron chi connectivity index (χ3n) is 2.78. The van der Waals surface area contributed by atoms with Gasteiger partial charge in [0.1, 0.15) is 4.90 Å².